The summed E-state index contributed by atoms with van der Waals surface area (Å²) in [6.45, 7) is 6.24. The number of carboxylic acids is 1. The number of allylic oxidation sites excluding steroid dienone is 20. The number of ether oxygens (including phenoxy) is 6. The van der Waals surface area contributed by atoms with Crippen molar-refractivity contribution in [3.63, 3.8) is 0 Å². The predicted molar refractivity (Wildman–Crippen MR) is 503 cm³/mol. The largest absolute Gasteiger partial charge is 0.481 e. The van der Waals surface area contributed by atoms with Gasteiger partial charge in [-0.25, -0.2) is 0 Å². The van der Waals surface area contributed by atoms with Gasteiger partial charge in [0.15, 0.2) is 12.2 Å². The molecule has 1 N–H and O–H groups in total. The Balaban J connectivity index is 4.58. The summed E-state index contributed by atoms with van der Waals surface area (Å²) in [6.07, 6.45) is 113. The van der Waals surface area contributed by atoms with Crippen molar-refractivity contribution in [2.45, 2.75) is 482 Å². The SMILES string of the molecule is CCCCC/C=C\C/C=C\CCCCCCCC(=O)OC(COC(=O)CCCCCCC/C=C\C/C=C\C/C=C\C/C=C\CCCCCCCC(=O)OCC(COC(=O)CCCCCCCCCCCCCCC)OC(=O)CCCCCCC/C=C\C/C=C\CCCCC)COC(=O)CCCCCCC/C=C\C/C=C\CCCCCCCC(=O)O. The van der Waals surface area contributed by atoms with Crippen molar-refractivity contribution in [1.82, 2.24) is 0 Å². The van der Waals surface area contributed by atoms with Gasteiger partial charge >= 0.3 is 41.8 Å². The average molecular weight is 1680 g/mol. The maximum atomic E-state index is 13.0. The van der Waals surface area contributed by atoms with Crippen LogP contribution in [0.5, 0.6) is 0 Å². The lowest BCUT2D eigenvalue weighted by Crippen LogP contribution is -2.30. The van der Waals surface area contributed by atoms with Gasteiger partial charge in [0.25, 0.3) is 0 Å². The van der Waals surface area contributed by atoms with E-state index < -0.39 is 18.2 Å². The maximum absolute atomic E-state index is 13.0. The molecule has 688 valence electrons. The van der Waals surface area contributed by atoms with Crippen LogP contribution in [0.4, 0.5) is 0 Å². The lowest BCUT2D eigenvalue weighted by molar-refractivity contribution is -0.167. The molecule has 2 atom stereocenters. The monoisotopic (exact) mass is 1680 g/mol. The van der Waals surface area contributed by atoms with E-state index in [2.05, 4.69) is 142 Å². The van der Waals surface area contributed by atoms with E-state index in [9.17, 15) is 33.6 Å². The van der Waals surface area contributed by atoms with Crippen LogP contribution in [-0.2, 0) is 62.0 Å². The first kappa shape index (κ1) is 114. The van der Waals surface area contributed by atoms with E-state index in [0.29, 0.717) is 25.7 Å². The third kappa shape index (κ3) is 93.9. The topological polar surface area (TPSA) is 195 Å². The zero-order valence-electron chi connectivity index (χ0n) is 77.3. The van der Waals surface area contributed by atoms with Crippen LogP contribution in [0, 0.1) is 0 Å². The summed E-state index contributed by atoms with van der Waals surface area (Å²) in [4.78, 5) is 87.8. The zero-order valence-corrected chi connectivity index (χ0v) is 77.3. The molecular weight excluding hydrogens is 1500 g/mol. The number of hydrogen-bond acceptors (Lipinski definition) is 13. The number of carbonyl (C=O) groups is 7. The van der Waals surface area contributed by atoms with Crippen LogP contribution in [0.15, 0.2) is 122 Å². The van der Waals surface area contributed by atoms with Gasteiger partial charge in [-0.15, -0.1) is 0 Å². The third-order valence-electron chi connectivity index (χ3n) is 21.6. The normalized spacial score (nSPS) is 12.6. The number of rotatable bonds is 92. The second kappa shape index (κ2) is 96.5. The van der Waals surface area contributed by atoms with E-state index in [1.807, 2.05) is 0 Å². The number of carboxylic acid groups (broad SMARTS) is 1. The molecule has 0 aromatic rings. The molecule has 14 nitrogen and oxygen atoms in total. The highest BCUT2D eigenvalue weighted by molar-refractivity contribution is 5.72. The second-order valence-electron chi connectivity index (χ2n) is 33.3. The van der Waals surface area contributed by atoms with E-state index in [0.717, 1.165) is 289 Å². The van der Waals surface area contributed by atoms with E-state index in [1.165, 1.54) is 116 Å². The highest BCUT2D eigenvalue weighted by Crippen LogP contribution is 2.19. The molecule has 0 saturated heterocycles. The van der Waals surface area contributed by atoms with Crippen LogP contribution in [0.25, 0.3) is 0 Å². The molecule has 0 heterocycles. The molecule has 0 aromatic carbocycles. The Morgan fingerprint density at radius 3 is 0.542 bits per heavy atom. The Hall–Kier alpha value is -6.31. The van der Waals surface area contributed by atoms with Gasteiger partial charge in [0.2, 0.25) is 0 Å². The fourth-order valence-corrected chi connectivity index (χ4v) is 14.0. The van der Waals surface area contributed by atoms with Crippen molar-refractivity contribution in [3.8, 4) is 0 Å². The summed E-state index contributed by atoms with van der Waals surface area (Å²) in [5.41, 5.74) is 0. The first-order chi connectivity index (χ1) is 59.0. The van der Waals surface area contributed by atoms with Gasteiger partial charge in [-0.05, 0) is 186 Å². The molecule has 0 aliphatic rings. The summed E-state index contributed by atoms with van der Waals surface area (Å²) in [6, 6.07) is 0. The highest BCUT2D eigenvalue weighted by atomic mass is 16.6. The highest BCUT2D eigenvalue weighted by Gasteiger charge is 2.22. The predicted octanol–water partition coefficient (Wildman–Crippen LogP) is 31.0. The molecule has 0 bridgehead atoms. The van der Waals surface area contributed by atoms with Gasteiger partial charge < -0.3 is 33.5 Å². The fraction of sp³-hybridized carbons (Fsp3) is 0.745. The standard InChI is InChI=1S/C106H180O14/c1-4-7-10-13-16-19-22-25-39-50-57-64-71-78-85-92-105(113)119-98(94-115-101(109)88-81-74-67-60-53-45-24-21-18-15-12-9-6-3)95-116-102(110)89-82-75-68-61-54-47-42-36-32-30-28-27-29-31-33-37-43-48-55-62-69-76-83-90-103(111)117-96-99(120-106(114)93-86-79-72-65-58-51-40-26-23-20-17-14-11-8-5-2)97-118-104(112)91-84-77-70-63-56-49-44-38-34-35-41-46-52-59-66-73-80-87-100(107)108/h16-17,19-20,25-26,28-31,35-44,98-99H,4-15,18,21-24,27,32-34,45-97H2,1-3H3,(H,107,108)/b19-16-,20-17-,30-28-,31-29-,39-25-,40-26-,41-35-,42-36-,43-37-,44-38-. The maximum Gasteiger partial charge on any atom is 0.306 e. The fourth-order valence-electron chi connectivity index (χ4n) is 14.0. The Morgan fingerprint density at radius 2 is 0.342 bits per heavy atom. The number of esters is 6. The van der Waals surface area contributed by atoms with Crippen molar-refractivity contribution < 1.29 is 67.1 Å². The van der Waals surface area contributed by atoms with Crippen molar-refractivity contribution in [3.05, 3.63) is 122 Å². The lowest BCUT2D eigenvalue weighted by Gasteiger charge is -2.18. The van der Waals surface area contributed by atoms with Crippen LogP contribution < -0.4 is 0 Å². The van der Waals surface area contributed by atoms with Gasteiger partial charge in [0.1, 0.15) is 26.4 Å². The molecule has 0 aliphatic carbocycles. The summed E-state index contributed by atoms with van der Waals surface area (Å²) < 4.78 is 33.9. The lowest BCUT2D eigenvalue weighted by atomic mass is 10.0. The van der Waals surface area contributed by atoms with Gasteiger partial charge in [0, 0.05) is 44.9 Å². The Kier molecular flexibility index (Phi) is 91.4. The van der Waals surface area contributed by atoms with E-state index in [1.54, 1.807) is 0 Å². The molecule has 14 heteroatoms. The minimum atomic E-state index is -0.842. The Morgan fingerprint density at radius 1 is 0.192 bits per heavy atom. The van der Waals surface area contributed by atoms with Gasteiger partial charge in [-0.1, -0.05) is 361 Å². The number of carbonyl (C=O) groups excluding carboxylic acids is 6. The zero-order chi connectivity index (χ0) is 86.9. The summed E-state index contributed by atoms with van der Waals surface area (Å²) in [5, 5.41) is 8.75. The third-order valence-corrected chi connectivity index (χ3v) is 21.6. The smallest absolute Gasteiger partial charge is 0.306 e. The average Bonchev–Trinajstić information content (AvgIpc) is 0.945. The van der Waals surface area contributed by atoms with Crippen LogP contribution in [0.2, 0.25) is 0 Å². The molecule has 2 unspecified atom stereocenters. The molecule has 0 fully saturated rings. The van der Waals surface area contributed by atoms with Gasteiger partial charge in [-0.2, -0.15) is 0 Å². The van der Waals surface area contributed by atoms with Crippen molar-refractivity contribution in [2.75, 3.05) is 26.4 Å². The first-order valence-electron chi connectivity index (χ1n) is 49.7. The van der Waals surface area contributed by atoms with Crippen LogP contribution in [0.3, 0.4) is 0 Å². The molecule has 0 spiro atoms. The van der Waals surface area contributed by atoms with Gasteiger partial charge in [0.05, 0.1) is 0 Å². The van der Waals surface area contributed by atoms with Crippen LogP contribution >= 0.6 is 0 Å². The molecule has 0 saturated carbocycles. The van der Waals surface area contributed by atoms with Gasteiger partial charge in [-0.3, -0.25) is 33.6 Å². The van der Waals surface area contributed by atoms with E-state index in [4.69, 9.17) is 33.5 Å². The molecule has 0 radical (unpaired) electrons. The number of unbranched alkanes of at least 4 members (excludes halogenated alkanes) is 48. The molecular formula is C106H180O14. The second-order valence-corrected chi connectivity index (χ2v) is 33.3. The Bertz CT molecular complexity index is 2660. The minimum Gasteiger partial charge on any atom is -0.481 e. The molecule has 0 amide bonds. The van der Waals surface area contributed by atoms with Crippen molar-refractivity contribution in [1.29, 1.82) is 0 Å². The number of aliphatic carboxylic acids is 1. The molecule has 0 rings (SSSR count). The minimum absolute atomic E-state index is 0.108. The van der Waals surface area contributed by atoms with E-state index in [-0.39, 0.29) is 81.5 Å². The summed E-state index contributed by atoms with van der Waals surface area (Å²) in [5.74, 6) is -2.70. The Labute approximate surface area is 735 Å². The molecule has 0 aliphatic heterocycles. The summed E-state index contributed by atoms with van der Waals surface area (Å²) in [7, 11) is 0. The molecule has 0 aromatic heterocycles. The quantitative estimate of drug-likeness (QED) is 0.0261. The van der Waals surface area contributed by atoms with E-state index >= 15 is 0 Å². The van der Waals surface area contributed by atoms with Crippen LogP contribution in [-0.4, -0.2) is 85.5 Å². The summed E-state index contributed by atoms with van der Waals surface area (Å²) >= 11 is 0. The van der Waals surface area contributed by atoms with Crippen LogP contribution in [0.1, 0.15) is 470 Å². The van der Waals surface area contributed by atoms with Crippen molar-refractivity contribution >= 4 is 41.8 Å². The van der Waals surface area contributed by atoms with Crippen molar-refractivity contribution in [2.24, 2.45) is 0 Å². The first-order valence-corrected chi connectivity index (χ1v) is 49.7. The number of hydrogen-bond donors (Lipinski definition) is 1. The molecule has 120 heavy (non-hydrogen) atoms.